The molecule has 2 aromatic carbocycles. The van der Waals surface area contributed by atoms with E-state index in [0.717, 1.165) is 22.4 Å². The maximum atomic E-state index is 5.97. The zero-order chi connectivity index (χ0) is 18.7. The molecule has 0 aliphatic carbocycles. The van der Waals surface area contributed by atoms with E-state index in [4.69, 9.17) is 18.9 Å². The number of ether oxygens (including phenoxy) is 4. The van der Waals surface area contributed by atoms with Gasteiger partial charge in [-0.2, -0.15) is 0 Å². The number of hydrogen-bond acceptors (Lipinski definition) is 4. The highest BCUT2D eigenvalue weighted by Gasteiger charge is 2.21. The van der Waals surface area contributed by atoms with E-state index in [1.165, 1.54) is 0 Å². The second-order valence-corrected chi connectivity index (χ2v) is 6.63. The Morgan fingerprint density at radius 1 is 0.846 bits per heavy atom. The van der Waals surface area contributed by atoms with Crippen LogP contribution in [0.2, 0.25) is 0 Å². The van der Waals surface area contributed by atoms with Crippen molar-refractivity contribution in [1.29, 1.82) is 0 Å². The fourth-order valence-corrected chi connectivity index (χ4v) is 2.89. The van der Waals surface area contributed by atoms with Crippen molar-refractivity contribution in [3.05, 3.63) is 53.1 Å². The van der Waals surface area contributed by atoms with E-state index >= 15 is 0 Å². The number of hydrogen-bond donors (Lipinski definition) is 0. The first-order valence-electron chi connectivity index (χ1n) is 8.46. The molecule has 4 nitrogen and oxygen atoms in total. The number of benzene rings is 2. The third-order valence-corrected chi connectivity index (χ3v) is 4.23. The molecule has 0 spiro atoms. The summed E-state index contributed by atoms with van der Waals surface area (Å²) in [7, 11) is 4.82. The molecule has 0 unspecified atom stereocenters. The van der Waals surface area contributed by atoms with Crippen molar-refractivity contribution >= 4 is 18.2 Å². The fraction of sp³-hybridized carbons (Fsp3) is 0.273. The minimum atomic E-state index is -0.263. The van der Waals surface area contributed by atoms with Crippen molar-refractivity contribution in [2.45, 2.75) is 19.4 Å². The molecule has 0 N–H and O–H groups in total. The second kappa shape index (κ2) is 7.16. The van der Waals surface area contributed by atoms with Gasteiger partial charge in [0.05, 0.1) is 21.3 Å². The van der Waals surface area contributed by atoms with Gasteiger partial charge in [-0.1, -0.05) is 24.3 Å². The van der Waals surface area contributed by atoms with Gasteiger partial charge < -0.3 is 18.9 Å². The summed E-state index contributed by atoms with van der Waals surface area (Å²) < 4.78 is 22.1. The van der Waals surface area contributed by atoms with Gasteiger partial charge in [0, 0.05) is 5.56 Å². The molecule has 0 atom stereocenters. The molecule has 0 saturated carbocycles. The molecule has 0 bridgehead atoms. The van der Waals surface area contributed by atoms with Crippen LogP contribution in [0.4, 0.5) is 0 Å². The highest BCUT2D eigenvalue weighted by molar-refractivity contribution is 5.75. The first kappa shape index (κ1) is 17.9. The van der Waals surface area contributed by atoms with Crippen LogP contribution in [0.5, 0.6) is 23.0 Å². The number of methoxy groups -OCH3 is 3. The van der Waals surface area contributed by atoms with Crippen LogP contribution in [-0.2, 0) is 0 Å². The molecule has 2 aromatic rings. The van der Waals surface area contributed by atoms with E-state index in [2.05, 4.69) is 24.3 Å². The number of fused-ring (bicyclic) bond motifs is 1. The van der Waals surface area contributed by atoms with Crippen LogP contribution in [0.3, 0.4) is 0 Å². The Labute approximate surface area is 154 Å². The molecule has 136 valence electrons. The van der Waals surface area contributed by atoms with E-state index < -0.39 is 0 Å². The Kier molecular flexibility index (Phi) is 4.94. The Morgan fingerprint density at radius 2 is 1.50 bits per heavy atom. The summed E-state index contributed by atoms with van der Waals surface area (Å²) in [6, 6.07) is 10.00. The van der Waals surface area contributed by atoms with Crippen LogP contribution in [0.1, 0.15) is 30.5 Å². The minimum absolute atomic E-state index is 0.263. The molecule has 0 amide bonds. The van der Waals surface area contributed by atoms with E-state index in [-0.39, 0.29) is 5.60 Å². The molecule has 4 heteroatoms. The van der Waals surface area contributed by atoms with E-state index in [1.807, 2.05) is 44.2 Å². The summed E-state index contributed by atoms with van der Waals surface area (Å²) in [5.74, 6) is 2.76. The lowest BCUT2D eigenvalue weighted by atomic mass is 10.0. The molecule has 1 heterocycles. The lowest BCUT2D eigenvalue weighted by Gasteiger charge is -2.27. The van der Waals surface area contributed by atoms with Gasteiger partial charge in [0.1, 0.15) is 11.4 Å². The van der Waals surface area contributed by atoms with E-state index in [0.29, 0.717) is 17.2 Å². The monoisotopic (exact) mass is 352 g/mol. The van der Waals surface area contributed by atoms with Crippen LogP contribution >= 0.6 is 0 Å². The van der Waals surface area contributed by atoms with Gasteiger partial charge in [-0.05, 0) is 55.3 Å². The van der Waals surface area contributed by atoms with Gasteiger partial charge in [-0.3, -0.25) is 0 Å². The van der Waals surface area contributed by atoms with Crippen LogP contribution in [0, 0.1) is 0 Å². The quantitative estimate of drug-likeness (QED) is 0.704. The van der Waals surface area contributed by atoms with Gasteiger partial charge in [-0.15, -0.1) is 0 Å². The Hall–Kier alpha value is -2.88. The first-order chi connectivity index (χ1) is 12.5. The van der Waals surface area contributed by atoms with Crippen molar-refractivity contribution in [2.24, 2.45) is 0 Å². The second-order valence-electron chi connectivity index (χ2n) is 6.63. The zero-order valence-corrected chi connectivity index (χ0v) is 15.8. The molecule has 1 aliphatic rings. The van der Waals surface area contributed by atoms with Crippen molar-refractivity contribution in [1.82, 2.24) is 0 Å². The summed E-state index contributed by atoms with van der Waals surface area (Å²) >= 11 is 0. The van der Waals surface area contributed by atoms with Crippen LogP contribution < -0.4 is 18.9 Å². The van der Waals surface area contributed by atoms with E-state index in [1.54, 1.807) is 21.3 Å². The molecule has 26 heavy (non-hydrogen) atoms. The molecule has 0 fully saturated rings. The normalized spacial score (nSPS) is 14.7. The Bertz CT molecular complexity index is 837. The van der Waals surface area contributed by atoms with Crippen LogP contribution in [-0.4, -0.2) is 26.9 Å². The van der Waals surface area contributed by atoms with Crippen molar-refractivity contribution in [3.8, 4) is 23.0 Å². The highest BCUT2D eigenvalue weighted by Crippen LogP contribution is 2.38. The van der Waals surface area contributed by atoms with Gasteiger partial charge in [-0.25, -0.2) is 0 Å². The standard InChI is InChI=1S/C22H24O4/c1-22(2)11-10-17-12-15(8-9-18(17)26-22)6-7-16-13-19(23-3)21(25-5)20(14-16)24-4/h6-14H,1-5H3. The highest BCUT2D eigenvalue weighted by atomic mass is 16.5. The van der Waals surface area contributed by atoms with Gasteiger partial charge in [0.15, 0.2) is 11.5 Å². The maximum absolute atomic E-state index is 5.97. The van der Waals surface area contributed by atoms with Crippen molar-refractivity contribution in [3.63, 3.8) is 0 Å². The predicted molar refractivity (Wildman–Crippen MR) is 105 cm³/mol. The minimum Gasteiger partial charge on any atom is -0.493 e. The third kappa shape index (κ3) is 3.69. The molecule has 0 radical (unpaired) electrons. The van der Waals surface area contributed by atoms with Gasteiger partial charge in [0.25, 0.3) is 0 Å². The largest absolute Gasteiger partial charge is 0.493 e. The average Bonchev–Trinajstić information content (AvgIpc) is 2.64. The fourth-order valence-electron chi connectivity index (χ4n) is 2.89. The Morgan fingerprint density at radius 3 is 2.12 bits per heavy atom. The lowest BCUT2D eigenvalue weighted by Crippen LogP contribution is -2.27. The zero-order valence-electron chi connectivity index (χ0n) is 15.8. The summed E-state index contributed by atoms with van der Waals surface area (Å²) in [5, 5.41) is 0. The first-order valence-corrected chi connectivity index (χ1v) is 8.46. The predicted octanol–water partition coefficient (Wildman–Crippen LogP) is 5.07. The van der Waals surface area contributed by atoms with Crippen LogP contribution in [0.25, 0.3) is 18.2 Å². The SMILES string of the molecule is COc1cc(C=Cc2ccc3c(c2)C=CC(C)(C)O3)cc(OC)c1OC. The molecule has 0 saturated heterocycles. The molecule has 1 aliphatic heterocycles. The third-order valence-electron chi connectivity index (χ3n) is 4.23. The smallest absolute Gasteiger partial charge is 0.203 e. The molecule has 0 aromatic heterocycles. The number of rotatable bonds is 5. The summed E-state index contributed by atoms with van der Waals surface area (Å²) in [4.78, 5) is 0. The maximum Gasteiger partial charge on any atom is 0.203 e. The van der Waals surface area contributed by atoms with Crippen LogP contribution in [0.15, 0.2) is 36.4 Å². The van der Waals surface area contributed by atoms with Gasteiger partial charge in [0.2, 0.25) is 5.75 Å². The van der Waals surface area contributed by atoms with Gasteiger partial charge >= 0.3 is 0 Å². The topological polar surface area (TPSA) is 36.9 Å². The van der Waals surface area contributed by atoms with E-state index in [9.17, 15) is 0 Å². The molecule has 3 rings (SSSR count). The summed E-state index contributed by atoms with van der Waals surface area (Å²) in [6.07, 6.45) is 8.25. The lowest BCUT2D eigenvalue weighted by molar-refractivity contribution is 0.159. The average molecular weight is 352 g/mol. The Balaban J connectivity index is 1.89. The molecular weight excluding hydrogens is 328 g/mol. The van der Waals surface area contributed by atoms with Crippen molar-refractivity contribution in [2.75, 3.05) is 21.3 Å². The van der Waals surface area contributed by atoms with Crippen molar-refractivity contribution < 1.29 is 18.9 Å². The summed E-state index contributed by atoms with van der Waals surface area (Å²) in [5.41, 5.74) is 2.87. The summed E-state index contributed by atoms with van der Waals surface area (Å²) in [6.45, 7) is 4.09. The molecular formula is C22H24O4.